The van der Waals surface area contributed by atoms with Crippen LogP contribution in [0.5, 0.6) is 0 Å². The van der Waals surface area contributed by atoms with Crippen molar-refractivity contribution in [1.82, 2.24) is 24.4 Å². The van der Waals surface area contributed by atoms with Crippen molar-refractivity contribution in [2.75, 3.05) is 19.6 Å². The molecule has 21 heavy (non-hydrogen) atoms. The van der Waals surface area contributed by atoms with Gasteiger partial charge in [-0.05, 0) is 31.9 Å². The Kier molecular flexibility index (Phi) is 2.92. The highest BCUT2D eigenvalue weighted by molar-refractivity contribution is 5.93. The molecule has 1 saturated carbocycles. The van der Waals surface area contributed by atoms with Crippen LogP contribution < -0.4 is 0 Å². The van der Waals surface area contributed by atoms with Crippen LogP contribution in [0.1, 0.15) is 30.3 Å². The molecule has 2 aromatic heterocycles. The summed E-state index contributed by atoms with van der Waals surface area (Å²) in [7, 11) is 0. The number of rotatable bonds is 2. The lowest BCUT2D eigenvalue weighted by atomic mass is 10.1. The third-order valence-corrected chi connectivity index (χ3v) is 4.48. The third kappa shape index (κ3) is 2.19. The lowest BCUT2D eigenvalue weighted by molar-refractivity contribution is 0.0466. The minimum Gasteiger partial charge on any atom is -0.332 e. The van der Waals surface area contributed by atoms with Gasteiger partial charge in [-0.15, -0.1) is 0 Å². The summed E-state index contributed by atoms with van der Waals surface area (Å²) in [5.41, 5.74) is 1.27. The molecule has 4 rings (SSSR count). The van der Waals surface area contributed by atoms with Crippen LogP contribution in [0.2, 0.25) is 0 Å². The number of carbonyl (C=O) groups excluding carboxylic acids is 1. The Morgan fingerprint density at radius 3 is 2.95 bits per heavy atom. The van der Waals surface area contributed by atoms with Gasteiger partial charge in [-0.2, -0.15) is 5.10 Å². The van der Waals surface area contributed by atoms with Crippen molar-refractivity contribution in [2.24, 2.45) is 0 Å². The monoisotopic (exact) mass is 285 g/mol. The highest BCUT2D eigenvalue weighted by atomic mass is 16.2. The average Bonchev–Trinajstić information content (AvgIpc) is 3.26. The van der Waals surface area contributed by atoms with E-state index in [0.717, 1.165) is 25.7 Å². The fourth-order valence-corrected chi connectivity index (χ4v) is 3.18. The number of aromatic nitrogens is 3. The first-order valence-corrected chi connectivity index (χ1v) is 7.58. The standard InChI is InChI=1S/C15H19N5O/c1-11-10-18(12-4-5-12)7-8-19(11)15(21)13-9-16-14-3-2-6-17-20(13)14/h2-3,6,9,11-12H,4-5,7-8,10H2,1H3. The molecule has 0 spiro atoms. The largest absolute Gasteiger partial charge is 0.332 e. The molecule has 0 radical (unpaired) electrons. The Bertz CT molecular complexity index is 678. The van der Waals surface area contributed by atoms with Gasteiger partial charge in [0.15, 0.2) is 11.3 Å². The van der Waals surface area contributed by atoms with Crippen LogP contribution in [0.3, 0.4) is 0 Å². The van der Waals surface area contributed by atoms with Gasteiger partial charge in [0.25, 0.3) is 5.91 Å². The smallest absolute Gasteiger partial charge is 0.274 e. The van der Waals surface area contributed by atoms with Crippen LogP contribution in [0.25, 0.3) is 5.65 Å². The predicted octanol–water partition coefficient (Wildman–Crippen LogP) is 1.04. The van der Waals surface area contributed by atoms with E-state index in [0.29, 0.717) is 11.3 Å². The summed E-state index contributed by atoms with van der Waals surface area (Å²) in [5.74, 6) is 0.0316. The van der Waals surface area contributed by atoms with Crippen molar-refractivity contribution in [2.45, 2.75) is 31.8 Å². The minimum atomic E-state index is 0.0316. The maximum atomic E-state index is 12.8. The number of hydrogen-bond donors (Lipinski definition) is 0. The highest BCUT2D eigenvalue weighted by Crippen LogP contribution is 2.29. The summed E-state index contributed by atoms with van der Waals surface area (Å²) in [5, 5.41) is 4.23. The van der Waals surface area contributed by atoms with Gasteiger partial charge in [-0.25, -0.2) is 9.50 Å². The van der Waals surface area contributed by atoms with E-state index in [-0.39, 0.29) is 11.9 Å². The normalized spacial score (nSPS) is 23.7. The van der Waals surface area contributed by atoms with E-state index in [1.54, 1.807) is 16.9 Å². The van der Waals surface area contributed by atoms with Gasteiger partial charge in [-0.3, -0.25) is 9.69 Å². The van der Waals surface area contributed by atoms with Crippen LogP contribution in [0, 0.1) is 0 Å². The van der Waals surface area contributed by atoms with Crippen LogP contribution in [0.4, 0.5) is 0 Å². The van der Waals surface area contributed by atoms with E-state index < -0.39 is 0 Å². The van der Waals surface area contributed by atoms with Gasteiger partial charge < -0.3 is 4.90 Å². The summed E-state index contributed by atoms with van der Waals surface area (Å²) < 4.78 is 1.63. The lowest BCUT2D eigenvalue weighted by Gasteiger charge is -2.39. The number of piperazine rings is 1. The van der Waals surface area contributed by atoms with Gasteiger partial charge in [-0.1, -0.05) is 0 Å². The SMILES string of the molecule is CC1CN(C2CC2)CCN1C(=O)c1cnc2cccnn12. The van der Waals surface area contributed by atoms with Crippen molar-refractivity contribution in [3.05, 3.63) is 30.2 Å². The highest BCUT2D eigenvalue weighted by Gasteiger charge is 2.36. The third-order valence-electron chi connectivity index (χ3n) is 4.48. The van der Waals surface area contributed by atoms with Crippen molar-refractivity contribution in [3.8, 4) is 0 Å². The Morgan fingerprint density at radius 2 is 2.19 bits per heavy atom. The predicted molar refractivity (Wildman–Crippen MR) is 78.1 cm³/mol. The summed E-state index contributed by atoms with van der Waals surface area (Å²) in [6.45, 7) is 4.87. The van der Waals surface area contributed by atoms with E-state index >= 15 is 0 Å². The molecule has 2 fully saturated rings. The molecule has 0 N–H and O–H groups in total. The second kappa shape index (κ2) is 4.80. The number of hydrogen-bond acceptors (Lipinski definition) is 4. The van der Waals surface area contributed by atoms with Gasteiger partial charge in [0.05, 0.1) is 6.20 Å². The number of carbonyl (C=O) groups is 1. The molecule has 1 atom stereocenters. The van der Waals surface area contributed by atoms with Gasteiger partial charge in [0, 0.05) is 37.9 Å². The van der Waals surface area contributed by atoms with Gasteiger partial charge in [0.1, 0.15) is 0 Å². The molecule has 1 unspecified atom stereocenters. The zero-order valence-corrected chi connectivity index (χ0v) is 12.1. The molecule has 6 nitrogen and oxygen atoms in total. The maximum absolute atomic E-state index is 12.8. The molecule has 0 aromatic carbocycles. The molecule has 3 heterocycles. The number of amides is 1. The quantitative estimate of drug-likeness (QED) is 0.827. The molecule has 110 valence electrons. The van der Waals surface area contributed by atoms with Crippen LogP contribution >= 0.6 is 0 Å². The zero-order chi connectivity index (χ0) is 14.4. The van der Waals surface area contributed by atoms with E-state index in [2.05, 4.69) is 21.9 Å². The first kappa shape index (κ1) is 12.8. The van der Waals surface area contributed by atoms with Gasteiger partial charge in [0.2, 0.25) is 0 Å². The molecular weight excluding hydrogens is 266 g/mol. The van der Waals surface area contributed by atoms with E-state index in [1.165, 1.54) is 12.8 Å². The number of imidazole rings is 1. The summed E-state index contributed by atoms with van der Waals surface area (Å²) in [6.07, 6.45) is 5.94. The number of nitrogens with zero attached hydrogens (tertiary/aromatic N) is 5. The first-order chi connectivity index (χ1) is 10.2. The fraction of sp³-hybridized carbons (Fsp3) is 0.533. The van der Waals surface area contributed by atoms with Gasteiger partial charge >= 0.3 is 0 Å². The Hall–Kier alpha value is -1.95. The van der Waals surface area contributed by atoms with Crippen molar-refractivity contribution >= 4 is 11.6 Å². The Balaban J connectivity index is 1.57. The van der Waals surface area contributed by atoms with E-state index in [4.69, 9.17) is 0 Å². The molecule has 1 amide bonds. The molecule has 2 aromatic rings. The van der Waals surface area contributed by atoms with Crippen molar-refractivity contribution in [3.63, 3.8) is 0 Å². The summed E-state index contributed by atoms with van der Waals surface area (Å²) in [4.78, 5) is 21.5. The minimum absolute atomic E-state index is 0.0316. The van der Waals surface area contributed by atoms with Crippen molar-refractivity contribution in [1.29, 1.82) is 0 Å². The molecule has 1 aliphatic heterocycles. The first-order valence-electron chi connectivity index (χ1n) is 7.58. The molecular formula is C15H19N5O. The van der Waals surface area contributed by atoms with E-state index in [9.17, 15) is 4.79 Å². The molecule has 2 aliphatic rings. The lowest BCUT2D eigenvalue weighted by Crippen LogP contribution is -2.54. The summed E-state index contributed by atoms with van der Waals surface area (Å²) >= 11 is 0. The second-order valence-electron chi connectivity index (χ2n) is 6.01. The zero-order valence-electron chi connectivity index (χ0n) is 12.1. The Labute approximate surface area is 123 Å². The second-order valence-corrected chi connectivity index (χ2v) is 6.01. The van der Waals surface area contributed by atoms with Crippen LogP contribution in [-0.4, -0.2) is 62.0 Å². The van der Waals surface area contributed by atoms with Crippen LogP contribution in [-0.2, 0) is 0 Å². The Morgan fingerprint density at radius 1 is 1.33 bits per heavy atom. The van der Waals surface area contributed by atoms with Crippen LogP contribution in [0.15, 0.2) is 24.5 Å². The molecule has 0 bridgehead atoms. The maximum Gasteiger partial charge on any atom is 0.274 e. The molecule has 1 aliphatic carbocycles. The average molecular weight is 285 g/mol. The summed E-state index contributed by atoms with van der Waals surface area (Å²) in [6, 6.07) is 4.69. The molecule has 1 saturated heterocycles. The van der Waals surface area contributed by atoms with E-state index in [1.807, 2.05) is 17.0 Å². The topological polar surface area (TPSA) is 53.7 Å². The molecule has 6 heteroatoms. The number of fused-ring (bicyclic) bond motifs is 1. The fourth-order valence-electron chi connectivity index (χ4n) is 3.18. The van der Waals surface area contributed by atoms with Crippen molar-refractivity contribution < 1.29 is 4.79 Å².